The Morgan fingerprint density at radius 1 is 1.29 bits per heavy atom. The van der Waals surface area contributed by atoms with Crippen LogP contribution in [0.1, 0.15) is 33.3 Å². The van der Waals surface area contributed by atoms with Crippen LogP contribution in [0.3, 0.4) is 0 Å². The van der Waals surface area contributed by atoms with Gasteiger partial charge in [-0.3, -0.25) is 4.79 Å². The summed E-state index contributed by atoms with van der Waals surface area (Å²) >= 11 is 9.56. The zero-order valence-electron chi connectivity index (χ0n) is 14.4. The van der Waals surface area contributed by atoms with E-state index in [0.717, 1.165) is 10.0 Å². The zero-order valence-corrected chi connectivity index (χ0v) is 19.0. The number of carbonyl (C=O) groups is 1. The number of rotatable bonds is 5. The number of amides is 1. The summed E-state index contributed by atoms with van der Waals surface area (Å²) in [4.78, 5) is 16.3. The molecule has 0 atom stereocenters. The molecule has 1 aromatic carbocycles. The number of hydrogen-bond donors (Lipinski definition) is 3. The van der Waals surface area contributed by atoms with Gasteiger partial charge in [-0.2, -0.15) is 0 Å². The summed E-state index contributed by atoms with van der Waals surface area (Å²) < 4.78 is 0.930. The maximum atomic E-state index is 11.9. The lowest BCUT2D eigenvalue weighted by molar-refractivity contribution is -0.121. The first kappa shape index (κ1) is 23.5. The van der Waals surface area contributed by atoms with Crippen LogP contribution in [0.25, 0.3) is 0 Å². The predicted octanol–water partition coefficient (Wildman–Crippen LogP) is 3.69. The second-order valence-corrected chi connectivity index (χ2v) is 7.41. The number of aliphatic imine (C=N–C) groups is 1. The Morgan fingerprint density at radius 2 is 1.96 bits per heavy atom. The highest BCUT2D eigenvalue weighted by Gasteiger charge is 2.13. The second kappa shape index (κ2) is 11.1. The summed E-state index contributed by atoms with van der Waals surface area (Å²) in [5, 5.41) is 9.68. The minimum Gasteiger partial charge on any atom is -0.357 e. The van der Waals surface area contributed by atoms with Crippen LogP contribution in [0.5, 0.6) is 0 Å². The van der Waals surface area contributed by atoms with Gasteiger partial charge in [-0.05, 0) is 45.4 Å². The molecule has 5 nitrogen and oxygen atoms in total. The van der Waals surface area contributed by atoms with E-state index in [1.165, 1.54) is 0 Å². The molecule has 0 spiro atoms. The third-order valence-electron chi connectivity index (χ3n) is 2.70. The van der Waals surface area contributed by atoms with E-state index in [1.807, 2.05) is 45.9 Å². The molecule has 0 aromatic heterocycles. The van der Waals surface area contributed by atoms with E-state index < -0.39 is 0 Å². The quantitative estimate of drug-likeness (QED) is 0.309. The number of halogens is 3. The van der Waals surface area contributed by atoms with Crippen molar-refractivity contribution in [1.82, 2.24) is 16.0 Å². The van der Waals surface area contributed by atoms with Crippen molar-refractivity contribution in [3.8, 4) is 0 Å². The van der Waals surface area contributed by atoms with Gasteiger partial charge in [0.2, 0.25) is 5.91 Å². The van der Waals surface area contributed by atoms with E-state index in [0.29, 0.717) is 24.1 Å². The average Bonchev–Trinajstić information content (AvgIpc) is 2.41. The third kappa shape index (κ3) is 9.68. The van der Waals surface area contributed by atoms with Gasteiger partial charge in [0.05, 0.1) is 13.1 Å². The van der Waals surface area contributed by atoms with Crippen molar-refractivity contribution in [3.63, 3.8) is 0 Å². The van der Waals surface area contributed by atoms with Gasteiger partial charge in [0, 0.05) is 21.6 Å². The molecule has 136 valence electrons. The maximum absolute atomic E-state index is 11.9. The summed E-state index contributed by atoms with van der Waals surface area (Å²) in [6.45, 7) is 9.11. The molecule has 1 amide bonds. The van der Waals surface area contributed by atoms with Crippen molar-refractivity contribution in [2.75, 3.05) is 13.1 Å². The Bertz CT molecular complexity index is 576. The Hall–Kier alpha value is -0.540. The molecule has 1 rings (SSSR count). The summed E-state index contributed by atoms with van der Waals surface area (Å²) in [7, 11) is 0. The largest absolute Gasteiger partial charge is 0.357 e. The zero-order chi connectivity index (χ0) is 17.5. The molecular formula is C16H25BrClIN4O. The number of carbonyl (C=O) groups excluding carboxylic acids is 1. The van der Waals surface area contributed by atoms with Gasteiger partial charge >= 0.3 is 0 Å². The molecule has 0 heterocycles. The minimum absolute atomic E-state index is 0. The molecule has 8 heteroatoms. The van der Waals surface area contributed by atoms with E-state index in [1.54, 1.807) is 0 Å². The van der Waals surface area contributed by atoms with E-state index in [2.05, 4.69) is 36.9 Å². The molecule has 0 saturated heterocycles. The van der Waals surface area contributed by atoms with Gasteiger partial charge in [0.1, 0.15) is 0 Å². The molecule has 0 bridgehead atoms. The van der Waals surface area contributed by atoms with Crippen LogP contribution in [0.15, 0.2) is 27.7 Å². The first-order chi connectivity index (χ1) is 10.7. The fraction of sp³-hybridized carbons (Fsp3) is 0.500. The first-order valence-corrected chi connectivity index (χ1v) is 8.65. The lowest BCUT2D eigenvalue weighted by atomic mass is 10.1. The predicted molar refractivity (Wildman–Crippen MR) is 115 cm³/mol. The van der Waals surface area contributed by atoms with Crippen molar-refractivity contribution >= 4 is 63.4 Å². The van der Waals surface area contributed by atoms with Gasteiger partial charge in [-0.15, -0.1) is 24.0 Å². The van der Waals surface area contributed by atoms with Crippen molar-refractivity contribution in [2.45, 2.75) is 39.8 Å². The smallest absolute Gasteiger partial charge is 0.239 e. The van der Waals surface area contributed by atoms with Crippen molar-refractivity contribution < 1.29 is 4.79 Å². The maximum Gasteiger partial charge on any atom is 0.239 e. The molecule has 0 unspecified atom stereocenters. The van der Waals surface area contributed by atoms with Crippen LogP contribution in [0.2, 0.25) is 5.02 Å². The summed E-state index contributed by atoms with van der Waals surface area (Å²) in [6, 6.07) is 5.68. The molecule has 0 fully saturated rings. The van der Waals surface area contributed by atoms with Gasteiger partial charge < -0.3 is 16.0 Å². The molecule has 0 aliphatic carbocycles. The van der Waals surface area contributed by atoms with Crippen LogP contribution >= 0.6 is 51.5 Å². The van der Waals surface area contributed by atoms with Crippen molar-refractivity contribution in [3.05, 3.63) is 33.3 Å². The Labute approximate surface area is 174 Å². The van der Waals surface area contributed by atoms with Gasteiger partial charge in [0.25, 0.3) is 0 Å². The van der Waals surface area contributed by atoms with Crippen LogP contribution in [-0.4, -0.2) is 30.5 Å². The Morgan fingerprint density at radius 3 is 2.50 bits per heavy atom. The molecule has 0 radical (unpaired) electrons. The number of benzene rings is 1. The summed E-state index contributed by atoms with van der Waals surface area (Å²) in [5.74, 6) is 0.500. The van der Waals surface area contributed by atoms with Crippen LogP contribution in [0, 0.1) is 0 Å². The monoisotopic (exact) mass is 530 g/mol. The van der Waals surface area contributed by atoms with E-state index in [-0.39, 0.29) is 42.0 Å². The third-order valence-corrected chi connectivity index (χ3v) is 3.54. The van der Waals surface area contributed by atoms with Crippen LogP contribution in [0.4, 0.5) is 0 Å². The first-order valence-electron chi connectivity index (χ1n) is 7.48. The van der Waals surface area contributed by atoms with E-state index >= 15 is 0 Å². The van der Waals surface area contributed by atoms with Gasteiger partial charge in [0.15, 0.2) is 5.96 Å². The Balaban J connectivity index is 0.00000529. The molecule has 0 saturated carbocycles. The number of guanidine groups is 1. The normalized spacial score (nSPS) is 11.5. The fourth-order valence-corrected chi connectivity index (χ4v) is 2.52. The standard InChI is InChI=1S/C16H24BrClN4O.HI/c1-5-19-15(21-10-14(23)22-16(2,3)4)20-9-11-6-7-12(17)8-13(11)18;/h6-8H,5,9-10H2,1-4H3,(H,22,23)(H2,19,20,21);1H. The highest BCUT2D eigenvalue weighted by molar-refractivity contribution is 14.0. The van der Waals surface area contributed by atoms with E-state index in [4.69, 9.17) is 11.6 Å². The highest BCUT2D eigenvalue weighted by atomic mass is 127. The molecule has 3 N–H and O–H groups in total. The number of hydrogen-bond acceptors (Lipinski definition) is 2. The molecule has 0 aliphatic heterocycles. The van der Waals surface area contributed by atoms with Crippen LogP contribution < -0.4 is 16.0 Å². The summed E-state index contributed by atoms with van der Waals surface area (Å²) in [5.41, 5.74) is 0.672. The lowest BCUT2D eigenvalue weighted by Gasteiger charge is -2.21. The molecular weight excluding hydrogens is 506 g/mol. The topological polar surface area (TPSA) is 65.5 Å². The van der Waals surface area contributed by atoms with E-state index in [9.17, 15) is 4.79 Å². The van der Waals surface area contributed by atoms with Crippen molar-refractivity contribution in [1.29, 1.82) is 0 Å². The SMILES string of the molecule is CCNC(=NCc1ccc(Br)cc1Cl)NCC(=O)NC(C)(C)C.I. The lowest BCUT2D eigenvalue weighted by Crippen LogP contribution is -2.48. The van der Waals surface area contributed by atoms with Gasteiger partial charge in [-0.1, -0.05) is 33.6 Å². The number of nitrogens with zero attached hydrogens (tertiary/aromatic N) is 1. The second-order valence-electron chi connectivity index (χ2n) is 6.08. The molecule has 0 aliphatic rings. The van der Waals surface area contributed by atoms with Gasteiger partial charge in [-0.25, -0.2) is 4.99 Å². The Kier molecular flexibility index (Phi) is 10.9. The van der Waals surface area contributed by atoms with Crippen LogP contribution in [-0.2, 0) is 11.3 Å². The minimum atomic E-state index is -0.251. The molecule has 24 heavy (non-hydrogen) atoms. The molecule has 1 aromatic rings. The fourth-order valence-electron chi connectivity index (χ4n) is 1.78. The summed E-state index contributed by atoms with van der Waals surface area (Å²) in [6.07, 6.45) is 0. The average molecular weight is 532 g/mol. The number of nitrogens with one attached hydrogen (secondary N) is 3. The highest BCUT2D eigenvalue weighted by Crippen LogP contribution is 2.21. The van der Waals surface area contributed by atoms with Crippen molar-refractivity contribution in [2.24, 2.45) is 4.99 Å².